The zero-order valence-electron chi connectivity index (χ0n) is 8.61. The topological polar surface area (TPSA) is 79.6 Å². The molecule has 0 radical (unpaired) electrons. The second-order valence-corrected chi connectivity index (χ2v) is 2.82. The standard InChI is InChI=1S/C10H7F2NO4/c1-16-9(15)7-5(4-13)2-3-6(8(7)14)17-10(11)12/h2-3,10,14H,1H3. The van der Waals surface area contributed by atoms with Gasteiger partial charge in [-0.1, -0.05) is 0 Å². The minimum absolute atomic E-state index is 0.198. The average molecular weight is 243 g/mol. The maximum absolute atomic E-state index is 12.0. The van der Waals surface area contributed by atoms with Crippen molar-refractivity contribution in [1.29, 1.82) is 5.26 Å². The molecule has 0 bridgehead atoms. The summed E-state index contributed by atoms with van der Waals surface area (Å²) in [6, 6.07) is 3.67. The molecular weight excluding hydrogens is 236 g/mol. The van der Waals surface area contributed by atoms with Gasteiger partial charge in [-0.3, -0.25) is 0 Å². The van der Waals surface area contributed by atoms with Gasteiger partial charge in [0, 0.05) is 0 Å². The number of rotatable bonds is 3. The second kappa shape index (κ2) is 5.12. The second-order valence-electron chi connectivity index (χ2n) is 2.82. The Hall–Kier alpha value is -2.36. The lowest BCUT2D eigenvalue weighted by Gasteiger charge is -2.10. The molecule has 1 N–H and O–H groups in total. The van der Waals surface area contributed by atoms with Crippen LogP contribution in [0, 0.1) is 11.3 Å². The van der Waals surface area contributed by atoms with Crippen molar-refractivity contribution in [3.63, 3.8) is 0 Å². The predicted octanol–water partition coefficient (Wildman–Crippen LogP) is 1.65. The number of phenolic OH excluding ortho intramolecular Hbond substituents is 1. The first-order valence-electron chi connectivity index (χ1n) is 4.30. The molecule has 0 heterocycles. The van der Waals surface area contributed by atoms with Crippen LogP contribution in [0.25, 0.3) is 0 Å². The summed E-state index contributed by atoms with van der Waals surface area (Å²) in [5, 5.41) is 18.2. The number of alkyl halides is 2. The maximum atomic E-state index is 12.0. The zero-order valence-corrected chi connectivity index (χ0v) is 8.61. The Morgan fingerprint density at radius 2 is 2.18 bits per heavy atom. The molecule has 0 aromatic heterocycles. The lowest BCUT2D eigenvalue weighted by atomic mass is 10.1. The third kappa shape index (κ3) is 2.60. The van der Waals surface area contributed by atoms with Crippen LogP contribution in [0.15, 0.2) is 12.1 Å². The van der Waals surface area contributed by atoms with Gasteiger partial charge in [-0.2, -0.15) is 14.0 Å². The van der Waals surface area contributed by atoms with Crippen LogP contribution >= 0.6 is 0 Å². The number of nitrogens with zero attached hydrogens (tertiary/aromatic N) is 1. The van der Waals surface area contributed by atoms with Crippen LogP contribution < -0.4 is 4.74 Å². The molecule has 0 saturated carbocycles. The molecule has 0 spiro atoms. The fourth-order valence-electron chi connectivity index (χ4n) is 1.16. The summed E-state index contributed by atoms with van der Waals surface area (Å²) in [4.78, 5) is 11.3. The highest BCUT2D eigenvalue weighted by Gasteiger charge is 2.22. The molecular formula is C10H7F2NO4. The van der Waals surface area contributed by atoms with E-state index in [9.17, 15) is 18.7 Å². The molecule has 0 aliphatic carbocycles. The van der Waals surface area contributed by atoms with Crippen molar-refractivity contribution in [3.05, 3.63) is 23.3 Å². The molecule has 0 aliphatic rings. The highest BCUT2D eigenvalue weighted by Crippen LogP contribution is 2.33. The molecule has 1 aromatic rings. The van der Waals surface area contributed by atoms with Crippen LogP contribution in [0.2, 0.25) is 0 Å². The van der Waals surface area contributed by atoms with Crippen LogP contribution in [0.3, 0.4) is 0 Å². The first-order chi connectivity index (χ1) is 8.01. The Balaban J connectivity index is 3.33. The molecule has 0 fully saturated rings. The fraction of sp³-hybridized carbons (Fsp3) is 0.200. The van der Waals surface area contributed by atoms with E-state index in [1.54, 1.807) is 6.07 Å². The normalized spacial score (nSPS) is 9.82. The van der Waals surface area contributed by atoms with Crippen molar-refractivity contribution in [2.75, 3.05) is 7.11 Å². The number of carbonyl (C=O) groups excluding carboxylic acids is 1. The average Bonchev–Trinajstić information content (AvgIpc) is 2.30. The van der Waals surface area contributed by atoms with E-state index >= 15 is 0 Å². The van der Waals surface area contributed by atoms with E-state index < -0.39 is 29.6 Å². The molecule has 0 amide bonds. The van der Waals surface area contributed by atoms with E-state index in [1.807, 2.05) is 0 Å². The van der Waals surface area contributed by atoms with Crippen LogP contribution in [0.1, 0.15) is 15.9 Å². The van der Waals surface area contributed by atoms with Crippen LogP contribution in [-0.4, -0.2) is 24.8 Å². The SMILES string of the molecule is COC(=O)c1c(C#N)ccc(OC(F)F)c1O. The van der Waals surface area contributed by atoms with Crippen LogP contribution in [0.4, 0.5) is 8.78 Å². The lowest BCUT2D eigenvalue weighted by molar-refractivity contribution is -0.0513. The summed E-state index contributed by atoms with van der Waals surface area (Å²) in [6.07, 6.45) is 0. The molecule has 17 heavy (non-hydrogen) atoms. The van der Waals surface area contributed by atoms with Gasteiger partial charge in [0.1, 0.15) is 11.6 Å². The molecule has 0 atom stereocenters. The predicted molar refractivity (Wildman–Crippen MR) is 50.8 cm³/mol. The molecule has 0 saturated heterocycles. The van der Waals surface area contributed by atoms with E-state index in [2.05, 4.69) is 9.47 Å². The van der Waals surface area contributed by atoms with E-state index in [0.29, 0.717) is 0 Å². The van der Waals surface area contributed by atoms with Gasteiger partial charge in [0.25, 0.3) is 0 Å². The lowest BCUT2D eigenvalue weighted by Crippen LogP contribution is -2.08. The largest absolute Gasteiger partial charge is 0.504 e. The van der Waals surface area contributed by atoms with E-state index in [1.165, 1.54) is 0 Å². The molecule has 1 aromatic carbocycles. The number of esters is 1. The minimum Gasteiger partial charge on any atom is -0.504 e. The number of benzene rings is 1. The zero-order chi connectivity index (χ0) is 13.0. The Bertz CT molecular complexity index is 482. The number of hydrogen-bond donors (Lipinski definition) is 1. The summed E-state index contributed by atoms with van der Waals surface area (Å²) in [6.45, 7) is -3.15. The Labute approximate surface area is 94.8 Å². The number of halogens is 2. The van der Waals surface area contributed by atoms with Crippen molar-refractivity contribution in [2.45, 2.75) is 6.61 Å². The van der Waals surface area contributed by atoms with Crippen LogP contribution in [0.5, 0.6) is 11.5 Å². The van der Waals surface area contributed by atoms with Gasteiger partial charge < -0.3 is 14.6 Å². The smallest absolute Gasteiger partial charge is 0.387 e. The van der Waals surface area contributed by atoms with Crippen molar-refractivity contribution in [1.82, 2.24) is 0 Å². The van der Waals surface area contributed by atoms with Crippen molar-refractivity contribution in [2.24, 2.45) is 0 Å². The number of aromatic hydroxyl groups is 1. The van der Waals surface area contributed by atoms with Crippen molar-refractivity contribution in [3.8, 4) is 17.6 Å². The number of carbonyl (C=O) groups is 1. The molecule has 5 nitrogen and oxygen atoms in total. The summed E-state index contributed by atoms with van der Waals surface area (Å²) in [7, 11) is 1.03. The Kier molecular flexibility index (Phi) is 3.82. The first-order valence-corrected chi connectivity index (χ1v) is 4.30. The van der Waals surface area contributed by atoms with Crippen LogP contribution in [-0.2, 0) is 4.74 Å². The minimum atomic E-state index is -3.15. The fourth-order valence-corrected chi connectivity index (χ4v) is 1.16. The van der Waals surface area contributed by atoms with E-state index in [-0.39, 0.29) is 5.56 Å². The van der Waals surface area contributed by atoms with Crippen molar-refractivity contribution >= 4 is 5.97 Å². The number of methoxy groups -OCH3 is 1. The Morgan fingerprint density at radius 1 is 1.53 bits per heavy atom. The van der Waals surface area contributed by atoms with E-state index in [0.717, 1.165) is 19.2 Å². The molecule has 0 aliphatic heterocycles. The third-order valence-electron chi connectivity index (χ3n) is 1.87. The quantitative estimate of drug-likeness (QED) is 0.816. The third-order valence-corrected chi connectivity index (χ3v) is 1.87. The van der Waals surface area contributed by atoms with Gasteiger partial charge >= 0.3 is 12.6 Å². The number of ether oxygens (including phenoxy) is 2. The summed E-state index contributed by atoms with van der Waals surface area (Å²) in [5.41, 5.74) is -0.705. The summed E-state index contributed by atoms with van der Waals surface area (Å²) in [5.74, 6) is -2.46. The van der Waals surface area contributed by atoms with Gasteiger partial charge in [0.2, 0.25) is 0 Å². The number of hydrogen-bond acceptors (Lipinski definition) is 5. The van der Waals surface area contributed by atoms with E-state index in [4.69, 9.17) is 5.26 Å². The molecule has 1 rings (SSSR count). The Morgan fingerprint density at radius 3 is 2.65 bits per heavy atom. The maximum Gasteiger partial charge on any atom is 0.387 e. The number of nitriles is 1. The summed E-state index contributed by atoms with van der Waals surface area (Å²) >= 11 is 0. The first kappa shape index (κ1) is 12.7. The van der Waals surface area contributed by atoms with Gasteiger partial charge in [-0.05, 0) is 12.1 Å². The molecule has 0 unspecified atom stereocenters. The summed E-state index contributed by atoms with van der Waals surface area (Å²) < 4.78 is 32.3. The van der Waals surface area contributed by atoms with Gasteiger partial charge in [-0.15, -0.1) is 0 Å². The number of phenols is 1. The molecule has 90 valence electrons. The molecule has 7 heteroatoms. The highest BCUT2D eigenvalue weighted by atomic mass is 19.3. The monoisotopic (exact) mass is 243 g/mol. The highest BCUT2D eigenvalue weighted by molar-refractivity contribution is 5.96. The van der Waals surface area contributed by atoms with Crippen molar-refractivity contribution < 1.29 is 28.2 Å². The van der Waals surface area contributed by atoms with Gasteiger partial charge in [-0.25, -0.2) is 4.79 Å². The van der Waals surface area contributed by atoms with Gasteiger partial charge in [0.15, 0.2) is 11.5 Å². The van der Waals surface area contributed by atoms with Gasteiger partial charge in [0.05, 0.1) is 12.7 Å².